The van der Waals surface area contributed by atoms with Gasteiger partial charge in [-0.2, -0.15) is 0 Å². The molecule has 98 valence electrons. The zero-order chi connectivity index (χ0) is 13.8. The third-order valence-electron chi connectivity index (χ3n) is 2.44. The Hall–Kier alpha value is -1.46. The Morgan fingerprint density at radius 2 is 2.21 bits per heavy atom. The highest BCUT2D eigenvalue weighted by Crippen LogP contribution is 2.20. The Morgan fingerprint density at radius 1 is 1.42 bits per heavy atom. The number of rotatable bonds is 3. The number of halogens is 2. The van der Waals surface area contributed by atoms with Crippen LogP contribution in [-0.2, 0) is 6.54 Å². The predicted octanol–water partition coefficient (Wildman–Crippen LogP) is 3.13. The van der Waals surface area contributed by atoms with E-state index in [0.29, 0.717) is 23.0 Å². The minimum absolute atomic E-state index is 0.234. The molecule has 19 heavy (non-hydrogen) atoms. The minimum atomic E-state index is -0.234. The number of nitrogens with zero attached hydrogens (tertiary/aromatic N) is 2. The molecule has 0 radical (unpaired) electrons. The van der Waals surface area contributed by atoms with Gasteiger partial charge in [0.05, 0.1) is 22.8 Å². The fourth-order valence-corrected chi connectivity index (χ4v) is 2.11. The van der Waals surface area contributed by atoms with E-state index in [1.54, 1.807) is 37.4 Å². The van der Waals surface area contributed by atoms with Crippen LogP contribution in [0.1, 0.15) is 21.9 Å². The zero-order valence-corrected chi connectivity index (χ0v) is 12.5. The maximum Gasteiger partial charge on any atom is 0.253 e. The van der Waals surface area contributed by atoms with E-state index in [4.69, 9.17) is 11.6 Å². The van der Waals surface area contributed by atoms with Crippen LogP contribution in [0.25, 0.3) is 0 Å². The van der Waals surface area contributed by atoms with E-state index in [0.717, 1.165) is 10.2 Å². The van der Waals surface area contributed by atoms with Gasteiger partial charge in [0.25, 0.3) is 5.91 Å². The van der Waals surface area contributed by atoms with Gasteiger partial charge in [-0.05, 0) is 31.2 Å². The summed E-state index contributed by atoms with van der Waals surface area (Å²) in [6.07, 6.45) is 1.66. The van der Waals surface area contributed by atoms with E-state index in [2.05, 4.69) is 31.2 Å². The molecule has 0 aliphatic rings. The first-order valence-corrected chi connectivity index (χ1v) is 6.75. The Morgan fingerprint density at radius 3 is 2.95 bits per heavy atom. The number of carbonyl (C=O) groups is 1. The monoisotopic (exact) mass is 339 g/mol. The molecule has 1 amide bonds. The van der Waals surface area contributed by atoms with Crippen LogP contribution in [0, 0.1) is 6.92 Å². The zero-order valence-electron chi connectivity index (χ0n) is 10.2. The Kier molecular flexibility index (Phi) is 4.50. The average molecular weight is 341 g/mol. The molecule has 0 aliphatic heterocycles. The summed E-state index contributed by atoms with van der Waals surface area (Å²) in [6.45, 7) is 2.14. The van der Waals surface area contributed by atoms with E-state index in [1.807, 2.05) is 0 Å². The molecule has 4 nitrogen and oxygen atoms in total. The van der Waals surface area contributed by atoms with E-state index >= 15 is 0 Å². The van der Waals surface area contributed by atoms with Crippen LogP contribution in [-0.4, -0.2) is 15.9 Å². The van der Waals surface area contributed by atoms with Gasteiger partial charge in [0.1, 0.15) is 5.82 Å². The van der Waals surface area contributed by atoms with Crippen molar-refractivity contribution >= 4 is 33.4 Å². The van der Waals surface area contributed by atoms with Gasteiger partial charge >= 0.3 is 0 Å². The second kappa shape index (κ2) is 6.12. The number of amides is 1. The maximum atomic E-state index is 12.0. The highest BCUT2D eigenvalue weighted by Gasteiger charge is 2.10. The molecule has 1 N–H and O–H groups in total. The smallest absolute Gasteiger partial charge is 0.253 e. The number of aryl methyl sites for hydroxylation is 1. The van der Waals surface area contributed by atoms with Gasteiger partial charge in [0.15, 0.2) is 0 Å². The summed E-state index contributed by atoms with van der Waals surface area (Å²) in [5, 5.41) is 3.19. The third-order valence-corrected chi connectivity index (χ3v) is 3.26. The van der Waals surface area contributed by atoms with Gasteiger partial charge in [-0.25, -0.2) is 9.97 Å². The van der Waals surface area contributed by atoms with Crippen molar-refractivity contribution in [2.75, 3.05) is 0 Å². The summed E-state index contributed by atoms with van der Waals surface area (Å²) >= 11 is 9.30. The Bertz CT molecular complexity index is 619. The predicted molar refractivity (Wildman–Crippen MR) is 77.1 cm³/mol. The van der Waals surface area contributed by atoms with Crippen LogP contribution in [0.2, 0.25) is 5.02 Å². The van der Waals surface area contributed by atoms with Crippen molar-refractivity contribution in [3.05, 3.63) is 57.0 Å². The average Bonchev–Trinajstić information content (AvgIpc) is 2.39. The van der Waals surface area contributed by atoms with Crippen molar-refractivity contribution in [3.63, 3.8) is 0 Å². The van der Waals surface area contributed by atoms with Gasteiger partial charge < -0.3 is 5.32 Å². The Labute approximate surface area is 124 Å². The molecule has 1 aromatic carbocycles. The van der Waals surface area contributed by atoms with Crippen LogP contribution in [0.15, 0.2) is 34.9 Å². The quantitative estimate of drug-likeness (QED) is 0.934. The van der Waals surface area contributed by atoms with E-state index < -0.39 is 0 Å². The molecule has 0 saturated heterocycles. The summed E-state index contributed by atoms with van der Waals surface area (Å²) < 4.78 is 0.805. The molecule has 0 saturated carbocycles. The van der Waals surface area contributed by atoms with Gasteiger partial charge in [0.2, 0.25) is 0 Å². The van der Waals surface area contributed by atoms with Crippen molar-refractivity contribution < 1.29 is 4.79 Å². The molecular weight excluding hydrogens is 330 g/mol. The Balaban J connectivity index is 2.07. The first-order valence-electron chi connectivity index (χ1n) is 5.58. The molecule has 0 fully saturated rings. The van der Waals surface area contributed by atoms with Crippen LogP contribution < -0.4 is 5.32 Å². The van der Waals surface area contributed by atoms with Crippen LogP contribution in [0.3, 0.4) is 0 Å². The van der Waals surface area contributed by atoms with Gasteiger partial charge in [-0.3, -0.25) is 4.79 Å². The molecule has 2 rings (SSSR count). The number of hydrogen-bond acceptors (Lipinski definition) is 3. The lowest BCUT2D eigenvalue weighted by Gasteiger charge is -2.07. The van der Waals surface area contributed by atoms with Crippen molar-refractivity contribution in [1.82, 2.24) is 15.3 Å². The van der Waals surface area contributed by atoms with Crippen LogP contribution >= 0.6 is 27.5 Å². The number of benzene rings is 1. The van der Waals surface area contributed by atoms with E-state index in [1.165, 1.54) is 0 Å². The molecule has 0 aliphatic carbocycles. The van der Waals surface area contributed by atoms with Crippen molar-refractivity contribution in [2.24, 2.45) is 0 Å². The second-order valence-corrected chi connectivity index (χ2v) is 5.22. The van der Waals surface area contributed by atoms with Gasteiger partial charge in [0, 0.05) is 10.7 Å². The van der Waals surface area contributed by atoms with Crippen molar-refractivity contribution in [2.45, 2.75) is 13.5 Å². The molecular formula is C13H11BrClN3O. The highest BCUT2D eigenvalue weighted by molar-refractivity contribution is 9.10. The molecule has 0 unspecified atom stereocenters. The highest BCUT2D eigenvalue weighted by atomic mass is 79.9. The van der Waals surface area contributed by atoms with Gasteiger partial charge in [-0.15, -0.1) is 0 Å². The SMILES string of the molecule is Cc1nccc(CNC(=O)c2cc(Br)ccc2Cl)n1. The molecule has 1 aromatic heterocycles. The summed E-state index contributed by atoms with van der Waals surface area (Å²) in [4.78, 5) is 20.2. The molecule has 1 heterocycles. The summed E-state index contributed by atoms with van der Waals surface area (Å²) in [7, 11) is 0. The largest absolute Gasteiger partial charge is 0.346 e. The lowest BCUT2D eigenvalue weighted by atomic mass is 10.2. The van der Waals surface area contributed by atoms with Crippen LogP contribution in [0.5, 0.6) is 0 Å². The van der Waals surface area contributed by atoms with E-state index in [-0.39, 0.29) is 5.91 Å². The van der Waals surface area contributed by atoms with Gasteiger partial charge in [-0.1, -0.05) is 27.5 Å². The normalized spacial score (nSPS) is 10.3. The summed E-state index contributed by atoms with van der Waals surface area (Å²) in [5.41, 5.74) is 1.19. The van der Waals surface area contributed by atoms with Crippen molar-refractivity contribution in [1.29, 1.82) is 0 Å². The fourth-order valence-electron chi connectivity index (χ4n) is 1.54. The maximum absolute atomic E-state index is 12.0. The fraction of sp³-hybridized carbons (Fsp3) is 0.154. The number of aromatic nitrogens is 2. The topological polar surface area (TPSA) is 54.9 Å². The minimum Gasteiger partial charge on any atom is -0.346 e. The molecule has 0 bridgehead atoms. The molecule has 0 atom stereocenters. The lowest BCUT2D eigenvalue weighted by molar-refractivity contribution is 0.0950. The lowest BCUT2D eigenvalue weighted by Crippen LogP contribution is -2.23. The van der Waals surface area contributed by atoms with Crippen molar-refractivity contribution in [3.8, 4) is 0 Å². The number of carbonyl (C=O) groups excluding carboxylic acids is 1. The third kappa shape index (κ3) is 3.75. The summed E-state index contributed by atoms with van der Waals surface area (Å²) in [5.74, 6) is 0.440. The molecule has 0 spiro atoms. The number of nitrogens with one attached hydrogen (secondary N) is 1. The van der Waals surface area contributed by atoms with Crippen LogP contribution in [0.4, 0.5) is 0 Å². The number of hydrogen-bond donors (Lipinski definition) is 1. The molecule has 2 aromatic rings. The van der Waals surface area contributed by atoms with E-state index in [9.17, 15) is 4.79 Å². The second-order valence-electron chi connectivity index (χ2n) is 3.90. The standard InChI is InChI=1S/C13H11BrClN3O/c1-8-16-5-4-10(18-8)7-17-13(19)11-6-9(14)2-3-12(11)15/h2-6H,7H2,1H3,(H,17,19). The molecule has 6 heteroatoms. The first kappa shape index (κ1) is 14.0. The first-order chi connectivity index (χ1) is 9.06. The summed E-state index contributed by atoms with van der Waals surface area (Å²) in [6, 6.07) is 6.90.